The third kappa shape index (κ3) is 4.99. The van der Waals surface area contributed by atoms with E-state index in [-0.39, 0.29) is 0 Å². The molecule has 0 N–H and O–H groups in total. The number of nitrogens with zero attached hydrogens (tertiary/aromatic N) is 3. The van der Waals surface area contributed by atoms with E-state index in [1.807, 2.05) is 30.5 Å². The average molecular weight is 612 g/mol. The van der Waals surface area contributed by atoms with Crippen LogP contribution in [-0.2, 0) is 0 Å². The van der Waals surface area contributed by atoms with Crippen LogP contribution in [-0.4, -0.2) is 15.0 Å². The molecular formula is C45H29N3. The quantitative estimate of drug-likeness (QED) is 0.182. The molecule has 3 heteroatoms. The second-order valence-corrected chi connectivity index (χ2v) is 12.1. The van der Waals surface area contributed by atoms with E-state index >= 15 is 0 Å². The van der Waals surface area contributed by atoms with Gasteiger partial charge in [0.15, 0.2) is 5.82 Å². The van der Waals surface area contributed by atoms with E-state index in [0.29, 0.717) is 5.82 Å². The second kappa shape index (κ2) is 11.7. The molecule has 0 aliphatic rings. The lowest BCUT2D eigenvalue weighted by Gasteiger charge is -2.13. The van der Waals surface area contributed by atoms with E-state index in [4.69, 9.17) is 9.97 Å². The van der Waals surface area contributed by atoms with Gasteiger partial charge >= 0.3 is 0 Å². The van der Waals surface area contributed by atoms with Gasteiger partial charge in [0, 0.05) is 33.8 Å². The van der Waals surface area contributed by atoms with E-state index in [0.717, 1.165) is 50.1 Å². The van der Waals surface area contributed by atoms with Crippen LogP contribution in [0.2, 0.25) is 0 Å². The monoisotopic (exact) mass is 611 g/mol. The third-order valence-electron chi connectivity index (χ3n) is 9.14. The summed E-state index contributed by atoms with van der Waals surface area (Å²) in [7, 11) is 0. The third-order valence-corrected chi connectivity index (χ3v) is 9.14. The molecule has 0 aliphatic carbocycles. The van der Waals surface area contributed by atoms with Crippen molar-refractivity contribution < 1.29 is 0 Å². The summed E-state index contributed by atoms with van der Waals surface area (Å²) >= 11 is 0. The molecular weight excluding hydrogens is 583 g/mol. The normalized spacial score (nSPS) is 11.3. The highest BCUT2D eigenvalue weighted by molar-refractivity contribution is 6.13. The minimum Gasteiger partial charge on any atom is -0.256 e. The highest BCUT2D eigenvalue weighted by Crippen LogP contribution is 2.36. The highest BCUT2D eigenvalue weighted by atomic mass is 14.9. The molecule has 0 saturated carbocycles. The smallest absolute Gasteiger partial charge is 0.160 e. The van der Waals surface area contributed by atoms with Gasteiger partial charge in [-0.3, -0.25) is 4.98 Å². The van der Waals surface area contributed by atoms with Gasteiger partial charge in [0.05, 0.1) is 16.9 Å². The number of pyridine rings is 1. The van der Waals surface area contributed by atoms with Crippen LogP contribution >= 0.6 is 0 Å². The van der Waals surface area contributed by atoms with E-state index in [1.165, 1.54) is 32.7 Å². The van der Waals surface area contributed by atoms with Gasteiger partial charge in [0.2, 0.25) is 0 Å². The Morgan fingerprint density at radius 1 is 0.333 bits per heavy atom. The standard InChI is InChI=1S/C45H29N3/c1-2-10-35(11-3-1)45-47-42(32-23-19-30(20-24-32)38-18-8-13-34-14-9-27-46-44(34)38)29-43(48-45)33-25-21-31(22-26-33)41-28-36-12-4-5-15-37(36)39-16-6-7-17-40(39)41/h1-29H. The first-order chi connectivity index (χ1) is 23.8. The zero-order chi connectivity index (χ0) is 31.9. The molecule has 0 unspecified atom stereocenters. The maximum absolute atomic E-state index is 5.07. The highest BCUT2D eigenvalue weighted by Gasteiger charge is 2.13. The van der Waals surface area contributed by atoms with Crippen molar-refractivity contribution in [2.24, 2.45) is 0 Å². The van der Waals surface area contributed by atoms with Crippen LogP contribution < -0.4 is 0 Å². The van der Waals surface area contributed by atoms with Gasteiger partial charge in [0.1, 0.15) is 0 Å². The van der Waals surface area contributed by atoms with E-state index < -0.39 is 0 Å². The largest absolute Gasteiger partial charge is 0.256 e. The molecule has 0 aliphatic heterocycles. The van der Waals surface area contributed by atoms with Gasteiger partial charge in [-0.05, 0) is 56.4 Å². The minimum absolute atomic E-state index is 0.704. The summed E-state index contributed by atoms with van der Waals surface area (Å²) in [5, 5.41) is 6.17. The fourth-order valence-corrected chi connectivity index (χ4v) is 6.73. The summed E-state index contributed by atoms with van der Waals surface area (Å²) in [6, 6.07) is 59.7. The second-order valence-electron chi connectivity index (χ2n) is 12.1. The van der Waals surface area contributed by atoms with Crippen molar-refractivity contribution in [2.45, 2.75) is 0 Å². The molecule has 9 rings (SSSR count). The zero-order valence-corrected chi connectivity index (χ0v) is 26.1. The first kappa shape index (κ1) is 27.8. The average Bonchev–Trinajstić information content (AvgIpc) is 3.18. The summed E-state index contributed by atoms with van der Waals surface area (Å²) in [4.78, 5) is 14.8. The number of fused-ring (bicyclic) bond motifs is 4. The summed E-state index contributed by atoms with van der Waals surface area (Å²) in [5.74, 6) is 0.704. The van der Waals surface area contributed by atoms with Gasteiger partial charge in [0.25, 0.3) is 0 Å². The van der Waals surface area contributed by atoms with Crippen LogP contribution in [0.3, 0.4) is 0 Å². The Labute approximate surface area is 278 Å². The van der Waals surface area contributed by atoms with Crippen LogP contribution in [0.1, 0.15) is 0 Å². The van der Waals surface area contributed by atoms with Gasteiger partial charge in [-0.25, -0.2) is 9.97 Å². The number of rotatable bonds is 5. The molecule has 3 nitrogen and oxygen atoms in total. The van der Waals surface area contributed by atoms with Crippen LogP contribution in [0, 0.1) is 0 Å². The van der Waals surface area contributed by atoms with Crippen LogP contribution in [0.5, 0.6) is 0 Å². The Hall–Kier alpha value is -6.45. The molecule has 0 radical (unpaired) electrons. The molecule has 224 valence electrons. The molecule has 0 spiro atoms. The van der Waals surface area contributed by atoms with E-state index in [9.17, 15) is 0 Å². The lowest BCUT2D eigenvalue weighted by Crippen LogP contribution is -1.96. The molecule has 9 aromatic rings. The van der Waals surface area contributed by atoms with Crippen molar-refractivity contribution in [3.05, 3.63) is 176 Å². The maximum atomic E-state index is 5.07. The fraction of sp³-hybridized carbons (Fsp3) is 0. The molecule has 0 bridgehead atoms. The van der Waals surface area contributed by atoms with Gasteiger partial charge in [-0.15, -0.1) is 0 Å². The van der Waals surface area contributed by atoms with Crippen LogP contribution in [0.4, 0.5) is 0 Å². The molecule has 48 heavy (non-hydrogen) atoms. The Balaban J connectivity index is 1.12. The summed E-state index contributed by atoms with van der Waals surface area (Å²) in [6.45, 7) is 0. The van der Waals surface area contributed by atoms with Gasteiger partial charge in [-0.1, -0.05) is 152 Å². The number of hydrogen-bond acceptors (Lipinski definition) is 3. The van der Waals surface area contributed by atoms with Crippen molar-refractivity contribution in [1.82, 2.24) is 15.0 Å². The summed E-state index contributed by atoms with van der Waals surface area (Å²) in [6.07, 6.45) is 1.85. The van der Waals surface area contributed by atoms with Gasteiger partial charge in [-0.2, -0.15) is 0 Å². The van der Waals surface area contributed by atoms with Crippen molar-refractivity contribution in [3.63, 3.8) is 0 Å². The fourth-order valence-electron chi connectivity index (χ4n) is 6.73. The predicted octanol–water partition coefficient (Wildman–Crippen LogP) is 11.7. The molecule has 0 fully saturated rings. The van der Waals surface area contributed by atoms with Crippen LogP contribution in [0.25, 0.3) is 88.6 Å². The Kier molecular flexibility index (Phi) is 6.80. The Bertz CT molecular complexity index is 2580. The van der Waals surface area contributed by atoms with Gasteiger partial charge < -0.3 is 0 Å². The lowest BCUT2D eigenvalue weighted by atomic mass is 9.92. The zero-order valence-electron chi connectivity index (χ0n) is 26.1. The van der Waals surface area contributed by atoms with E-state index in [1.54, 1.807) is 0 Å². The number of para-hydroxylation sites is 1. The van der Waals surface area contributed by atoms with Crippen molar-refractivity contribution in [3.8, 4) is 56.2 Å². The number of hydrogen-bond donors (Lipinski definition) is 0. The first-order valence-corrected chi connectivity index (χ1v) is 16.2. The molecule has 7 aromatic carbocycles. The molecule has 2 heterocycles. The number of aromatic nitrogens is 3. The van der Waals surface area contributed by atoms with Crippen molar-refractivity contribution in [1.29, 1.82) is 0 Å². The Morgan fingerprint density at radius 3 is 1.62 bits per heavy atom. The van der Waals surface area contributed by atoms with E-state index in [2.05, 4.69) is 151 Å². The predicted molar refractivity (Wildman–Crippen MR) is 200 cm³/mol. The van der Waals surface area contributed by atoms with Crippen molar-refractivity contribution in [2.75, 3.05) is 0 Å². The SMILES string of the molecule is c1ccc(-c2nc(-c3ccc(-c4cc5ccccc5c5ccccc45)cc3)cc(-c3ccc(-c4cccc5cccnc45)cc3)n2)cc1. The minimum atomic E-state index is 0.704. The molecule has 0 saturated heterocycles. The first-order valence-electron chi connectivity index (χ1n) is 16.2. The topological polar surface area (TPSA) is 38.7 Å². The van der Waals surface area contributed by atoms with Crippen molar-refractivity contribution >= 4 is 32.4 Å². The summed E-state index contributed by atoms with van der Waals surface area (Å²) in [5.41, 5.74) is 10.5. The van der Waals surface area contributed by atoms with Crippen LogP contribution in [0.15, 0.2) is 176 Å². The maximum Gasteiger partial charge on any atom is 0.160 e. The molecule has 0 atom stereocenters. The summed E-state index contributed by atoms with van der Waals surface area (Å²) < 4.78 is 0. The Morgan fingerprint density at radius 2 is 0.896 bits per heavy atom. The number of benzene rings is 7. The molecule has 0 amide bonds. The molecule has 2 aromatic heterocycles. The lowest BCUT2D eigenvalue weighted by molar-refractivity contribution is 1.18.